The molecule has 0 spiro atoms. The van der Waals surface area contributed by atoms with Crippen LogP contribution in [-0.2, 0) is 19.1 Å². The highest BCUT2D eigenvalue weighted by Crippen LogP contribution is 2.05. The lowest BCUT2D eigenvalue weighted by molar-refractivity contribution is -0.148. The first-order valence-electron chi connectivity index (χ1n) is 6.09. The molecule has 0 aliphatic heterocycles. The first-order valence-corrected chi connectivity index (χ1v) is 6.09. The van der Waals surface area contributed by atoms with Crippen LogP contribution in [0.2, 0.25) is 0 Å². The molecule has 0 saturated heterocycles. The monoisotopic (exact) mass is 246 g/mol. The number of hydrogen-bond acceptors (Lipinski definition) is 5. The van der Waals surface area contributed by atoms with Crippen LogP contribution in [0.4, 0.5) is 0 Å². The summed E-state index contributed by atoms with van der Waals surface area (Å²) in [5.74, 6) is -0.769. The largest absolute Gasteiger partial charge is 0.466 e. The van der Waals surface area contributed by atoms with Crippen LogP contribution in [0.5, 0.6) is 0 Å². The van der Waals surface area contributed by atoms with Gasteiger partial charge in [-0.1, -0.05) is 13.8 Å². The third kappa shape index (κ3) is 9.81. The Morgan fingerprint density at radius 2 is 1.59 bits per heavy atom. The lowest BCUT2D eigenvalue weighted by Gasteiger charge is -2.09. The minimum absolute atomic E-state index is 0.0684. The molecule has 0 aliphatic rings. The van der Waals surface area contributed by atoms with Crippen LogP contribution >= 0.6 is 0 Å². The molecule has 5 heteroatoms. The van der Waals surface area contributed by atoms with Gasteiger partial charge < -0.3 is 14.6 Å². The van der Waals surface area contributed by atoms with Crippen molar-refractivity contribution in [2.45, 2.75) is 52.1 Å². The van der Waals surface area contributed by atoms with E-state index in [1.807, 2.05) is 13.8 Å². The SMILES string of the molecule is CCCOC(=O)CCC(O)CC(=O)OCCC. The maximum absolute atomic E-state index is 11.1. The summed E-state index contributed by atoms with van der Waals surface area (Å²) in [6.07, 6.45) is 0.976. The first-order chi connectivity index (χ1) is 8.10. The van der Waals surface area contributed by atoms with E-state index in [9.17, 15) is 14.7 Å². The van der Waals surface area contributed by atoms with Crippen molar-refractivity contribution in [3.8, 4) is 0 Å². The molecule has 1 N–H and O–H groups in total. The molecule has 1 atom stereocenters. The van der Waals surface area contributed by atoms with Gasteiger partial charge in [0.15, 0.2) is 0 Å². The van der Waals surface area contributed by atoms with Crippen molar-refractivity contribution >= 4 is 11.9 Å². The third-order valence-electron chi connectivity index (χ3n) is 2.02. The first kappa shape index (κ1) is 15.9. The van der Waals surface area contributed by atoms with Gasteiger partial charge in [-0.2, -0.15) is 0 Å². The summed E-state index contributed by atoms with van der Waals surface area (Å²) in [6, 6.07) is 0. The molecular formula is C12H22O5. The number of carbonyl (C=O) groups is 2. The van der Waals surface area contributed by atoms with Gasteiger partial charge in [0.05, 0.1) is 25.7 Å². The second kappa shape index (κ2) is 10.1. The smallest absolute Gasteiger partial charge is 0.308 e. The van der Waals surface area contributed by atoms with Crippen molar-refractivity contribution in [2.75, 3.05) is 13.2 Å². The summed E-state index contributed by atoms with van der Waals surface area (Å²) < 4.78 is 9.66. The zero-order chi connectivity index (χ0) is 13.1. The van der Waals surface area contributed by atoms with Gasteiger partial charge in [0.1, 0.15) is 0 Å². The minimum atomic E-state index is -0.839. The van der Waals surface area contributed by atoms with E-state index in [4.69, 9.17) is 9.47 Å². The summed E-state index contributed by atoms with van der Waals surface area (Å²) in [7, 11) is 0. The van der Waals surface area contributed by atoms with Gasteiger partial charge in [-0.25, -0.2) is 0 Å². The van der Waals surface area contributed by atoms with Crippen molar-refractivity contribution in [2.24, 2.45) is 0 Å². The fourth-order valence-corrected chi connectivity index (χ4v) is 1.14. The molecule has 0 bridgehead atoms. The van der Waals surface area contributed by atoms with Crippen LogP contribution < -0.4 is 0 Å². The summed E-state index contributed by atoms with van der Waals surface area (Å²) in [5, 5.41) is 9.48. The van der Waals surface area contributed by atoms with Crippen LogP contribution in [-0.4, -0.2) is 36.4 Å². The zero-order valence-corrected chi connectivity index (χ0v) is 10.6. The average Bonchev–Trinajstić information content (AvgIpc) is 2.31. The molecule has 0 aliphatic carbocycles. The number of carbonyl (C=O) groups excluding carboxylic acids is 2. The predicted molar refractivity (Wildman–Crippen MR) is 62.4 cm³/mol. The van der Waals surface area contributed by atoms with Gasteiger partial charge in [0.25, 0.3) is 0 Å². The number of ether oxygens (including phenoxy) is 2. The molecule has 0 aromatic carbocycles. The molecule has 0 heterocycles. The Morgan fingerprint density at radius 3 is 2.12 bits per heavy atom. The van der Waals surface area contributed by atoms with Crippen LogP contribution in [0.15, 0.2) is 0 Å². The quantitative estimate of drug-likeness (QED) is 0.623. The molecule has 17 heavy (non-hydrogen) atoms. The maximum Gasteiger partial charge on any atom is 0.308 e. The molecule has 0 amide bonds. The maximum atomic E-state index is 11.1. The van der Waals surface area contributed by atoms with Gasteiger partial charge in [-0.15, -0.1) is 0 Å². The standard InChI is InChI=1S/C12H22O5/c1-3-7-16-11(14)6-5-10(13)9-12(15)17-8-4-2/h10,13H,3-9H2,1-2H3. The van der Waals surface area contributed by atoms with Crippen LogP contribution in [0.1, 0.15) is 46.0 Å². The Hall–Kier alpha value is -1.10. The average molecular weight is 246 g/mol. The molecule has 0 rings (SSSR count). The highest BCUT2D eigenvalue weighted by atomic mass is 16.5. The van der Waals surface area contributed by atoms with Crippen LogP contribution in [0.3, 0.4) is 0 Å². The summed E-state index contributed by atoms with van der Waals surface area (Å²) >= 11 is 0. The molecule has 100 valence electrons. The minimum Gasteiger partial charge on any atom is -0.466 e. The normalized spacial score (nSPS) is 11.9. The molecule has 5 nitrogen and oxygen atoms in total. The Balaban J connectivity index is 3.60. The molecule has 0 radical (unpaired) electrons. The Kier molecular flexibility index (Phi) is 9.43. The lowest BCUT2D eigenvalue weighted by Crippen LogP contribution is -2.18. The predicted octanol–water partition coefficient (Wildman–Crippen LogP) is 1.42. The van der Waals surface area contributed by atoms with Gasteiger partial charge in [0, 0.05) is 6.42 Å². The van der Waals surface area contributed by atoms with E-state index in [0.29, 0.717) is 13.2 Å². The number of hydrogen-bond donors (Lipinski definition) is 1. The Morgan fingerprint density at radius 1 is 1.06 bits per heavy atom. The van der Waals surface area contributed by atoms with E-state index < -0.39 is 12.1 Å². The van der Waals surface area contributed by atoms with Crippen molar-refractivity contribution in [1.29, 1.82) is 0 Å². The number of aliphatic hydroxyl groups excluding tert-OH is 1. The number of aliphatic hydroxyl groups is 1. The van der Waals surface area contributed by atoms with Crippen molar-refractivity contribution in [3.63, 3.8) is 0 Å². The van der Waals surface area contributed by atoms with Crippen molar-refractivity contribution in [3.05, 3.63) is 0 Å². The van der Waals surface area contributed by atoms with Gasteiger partial charge in [0.2, 0.25) is 0 Å². The summed E-state index contributed by atoms with van der Waals surface area (Å²) in [5.41, 5.74) is 0. The number of esters is 2. The van der Waals surface area contributed by atoms with E-state index in [0.717, 1.165) is 12.8 Å². The molecule has 0 aromatic heterocycles. The molecule has 0 aromatic rings. The highest BCUT2D eigenvalue weighted by molar-refractivity contribution is 5.71. The Labute approximate surface area is 102 Å². The van der Waals surface area contributed by atoms with E-state index in [2.05, 4.69) is 0 Å². The summed E-state index contributed by atoms with van der Waals surface area (Å²) in [6.45, 7) is 4.57. The van der Waals surface area contributed by atoms with Crippen LogP contribution in [0, 0.1) is 0 Å². The van der Waals surface area contributed by atoms with E-state index in [1.54, 1.807) is 0 Å². The zero-order valence-electron chi connectivity index (χ0n) is 10.6. The highest BCUT2D eigenvalue weighted by Gasteiger charge is 2.14. The van der Waals surface area contributed by atoms with Crippen molar-refractivity contribution in [1.82, 2.24) is 0 Å². The summed E-state index contributed by atoms with van der Waals surface area (Å²) in [4.78, 5) is 22.2. The Bertz CT molecular complexity index is 227. The molecule has 0 fully saturated rings. The molecule has 0 saturated carbocycles. The molecule has 1 unspecified atom stereocenters. The van der Waals surface area contributed by atoms with Gasteiger partial charge >= 0.3 is 11.9 Å². The molecular weight excluding hydrogens is 224 g/mol. The number of rotatable bonds is 9. The lowest BCUT2D eigenvalue weighted by atomic mass is 10.1. The topological polar surface area (TPSA) is 72.8 Å². The van der Waals surface area contributed by atoms with Gasteiger partial charge in [-0.3, -0.25) is 9.59 Å². The fraction of sp³-hybridized carbons (Fsp3) is 0.833. The van der Waals surface area contributed by atoms with Gasteiger partial charge in [-0.05, 0) is 19.3 Å². The van der Waals surface area contributed by atoms with E-state index in [1.165, 1.54) is 0 Å². The van der Waals surface area contributed by atoms with E-state index in [-0.39, 0.29) is 25.2 Å². The second-order valence-electron chi connectivity index (χ2n) is 3.84. The van der Waals surface area contributed by atoms with Crippen LogP contribution in [0.25, 0.3) is 0 Å². The third-order valence-corrected chi connectivity index (χ3v) is 2.02. The second-order valence-corrected chi connectivity index (χ2v) is 3.84. The fourth-order valence-electron chi connectivity index (χ4n) is 1.14. The van der Waals surface area contributed by atoms with Crippen molar-refractivity contribution < 1.29 is 24.2 Å². The van der Waals surface area contributed by atoms with E-state index >= 15 is 0 Å².